The summed E-state index contributed by atoms with van der Waals surface area (Å²) in [4.78, 5) is 2.77. The SMILES string of the molecule is CC(CCCN=[N+]=[N-])O[C@H]1OC(CO)[C@H](O)C(OCc2ccccc2)C1OCc1ccccc1. The second-order valence-corrected chi connectivity index (χ2v) is 8.28. The zero-order valence-electron chi connectivity index (χ0n) is 19.3. The highest BCUT2D eigenvalue weighted by atomic mass is 16.7. The van der Waals surface area contributed by atoms with Crippen LogP contribution in [0.3, 0.4) is 0 Å². The normalized spacial score (nSPS) is 25.4. The van der Waals surface area contributed by atoms with Gasteiger partial charge in [-0.25, -0.2) is 0 Å². The van der Waals surface area contributed by atoms with Gasteiger partial charge in [0.1, 0.15) is 24.4 Å². The Hall–Kier alpha value is -2.49. The Morgan fingerprint density at radius 2 is 1.59 bits per heavy atom. The lowest BCUT2D eigenvalue weighted by molar-refractivity contribution is -0.327. The van der Waals surface area contributed by atoms with Crippen LogP contribution in [-0.4, -0.2) is 60.2 Å². The first-order valence-electron chi connectivity index (χ1n) is 11.5. The summed E-state index contributed by atoms with van der Waals surface area (Å²) < 4.78 is 24.4. The smallest absolute Gasteiger partial charge is 0.187 e. The molecule has 1 aliphatic rings. The molecule has 1 aliphatic heterocycles. The number of azide groups is 1. The van der Waals surface area contributed by atoms with Crippen LogP contribution in [-0.2, 0) is 32.2 Å². The van der Waals surface area contributed by atoms with Gasteiger partial charge in [0, 0.05) is 11.5 Å². The van der Waals surface area contributed by atoms with E-state index in [0.29, 0.717) is 19.4 Å². The predicted octanol–water partition coefficient (Wildman–Crippen LogP) is 3.73. The summed E-state index contributed by atoms with van der Waals surface area (Å²) in [5.41, 5.74) is 10.4. The van der Waals surface area contributed by atoms with E-state index in [1.54, 1.807) is 0 Å². The molecule has 1 heterocycles. The maximum Gasteiger partial charge on any atom is 0.187 e. The molecule has 0 amide bonds. The molecule has 34 heavy (non-hydrogen) atoms. The Kier molecular flexibility index (Phi) is 10.8. The van der Waals surface area contributed by atoms with E-state index in [9.17, 15) is 10.2 Å². The minimum Gasteiger partial charge on any atom is -0.394 e. The Labute approximate surface area is 199 Å². The van der Waals surface area contributed by atoms with Gasteiger partial charge in [-0.3, -0.25) is 0 Å². The third-order valence-electron chi connectivity index (χ3n) is 5.67. The van der Waals surface area contributed by atoms with Crippen molar-refractivity contribution in [3.05, 3.63) is 82.2 Å². The summed E-state index contributed by atoms with van der Waals surface area (Å²) in [7, 11) is 0. The fraction of sp³-hybridized carbons (Fsp3) is 0.520. The van der Waals surface area contributed by atoms with Crippen molar-refractivity contribution in [1.29, 1.82) is 0 Å². The van der Waals surface area contributed by atoms with Crippen molar-refractivity contribution >= 4 is 0 Å². The van der Waals surface area contributed by atoms with Crippen molar-refractivity contribution in [3.63, 3.8) is 0 Å². The maximum atomic E-state index is 10.9. The van der Waals surface area contributed by atoms with Gasteiger partial charge in [0.15, 0.2) is 6.29 Å². The van der Waals surface area contributed by atoms with Crippen LogP contribution < -0.4 is 0 Å². The molecule has 1 fully saturated rings. The van der Waals surface area contributed by atoms with Crippen LogP contribution in [0, 0.1) is 0 Å². The molecule has 9 heteroatoms. The molecule has 0 saturated carbocycles. The highest BCUT2D eigenvalue weighted by Gasteiger charge is 2.47. The number of aliphatic hydroxyl groups is 2. The van der Waals surface area contributed by atoms with Crippen molar-refractivity contribution < 1.29 is 29.2 Å². The van der Waals surface area contributed by atoms with Gasteiger partial charge in [0.25, 0.3) is 0 Å². The molecule has 6 atom stereocenters. The first-order valence-corrected chi connectivity index (χ1v) is 11.5. The van der Waals surface area contributed by atoms with Gasteiger partial charge in [-0.1, -0.05) is 65.8 Å². The van der Waals surface area contributed by atoms with E-state index >= 15 is 0 Å². The summed E-state index contributed by atoms with van der Waals surface area (Å²) in [5.74, 6) is 0. The molecule has 0 aliphatic carbocycles. The van der Waals surface area contributed by atoms with E-state index in [4.69, 9.17) is 24.5 Å². The van der Waals surface area contributed by atoms with Crippen LogP contribution in [0.15, 0.2) is 65.8 Å². The number of nitrogens with zero attached hydrogens (tertiary/aromatic N) is 3. The van der Waals surface area contributed by atoms with Gasteiger partial charge in [-0.05, 0) is 36.4 Å². The fourth-order valence-electron chi connectivity index (χ4n) is 3.84. The predicted molar refractivity (Wildman–Crippen MR) is 126 cm³/mol. The van der Waals surface area contributed by atoms with Gasteiger partial charge in [-0.15, -0.1) is 0 Å². The van der Waals surface area contributed by atoms with Crippen molar-refractivity contribution in [3.8, 4) is 0 Å². The molecule has 3 rings (SSSR count). The molecule has 2 aromatic carbocycles. The van der Waals surface area contributed by atoms with E-state index in [1.807, 2.05) is 67.6 Å². The first kappa shape index (κ1) is 26.1. The summed E-state index contributed by atoms with van der Waals surface area (Å²) in [5, 5.41) is 24.3. The average molecular weight is 472 g/mol. The van der Waals surface area contributed by atoms with Crippen molar-refractivity contribution in [2.45, 2.75) is 69.8 Å². The van der Waals surface area contributed by atoms with Gasteiger partial charge in [-0.2, -0.15) is 0 Å². The molecule has 184 valence electrons. The lowest BCUT2D eigenvalue weighted by atomic mass is 9.98. The highest BCUT2D eigenvalue weighted by molar-refractivity contribution is 5.14. The van der Waals surface area contributed by atoms with Gasteiger partial charge >= 0.3 is 0 Å². The van der Waals surface area contributed by atoms with Crippen molar-refractivity contribution in [2.75, 3.05) is 13.2 Å². The lowest BCUT2D eigenvalue weighted by Gasteiger charge is -2.44. The molecule has 0 aromatic heterocycles. The Balaban J connectivity index is 1.75. The molecule has 9 nitrogen and oxygen atoms in total. The van der Waals surface area contributed by atoms with E-state index in [0.717, 1.165) is 11.1 Å². The van der Waals surface area contributed by atoms with Crippen molar-refractivity contribution in [1.82, 2.24) is 0 Å². The molecule has 4 unspecified atom stereocenters. The van der Waals surface area contributed by atoms with Crippen molar-refractivity contribution in [2.24, 2.45) is 5.11 Å². The van der Waals surface area contributed by atoms with Crippen LogP contribution >= 0.6 is 0 Å². The number of rotatable bonds is 13. The topological polar surface area (TPSA) is 126 Å². The van der Waals surface area contributed by atoms with E-state index in [2.05, 4.69) is 10.0 Å². The van der Waals surface area contributed by atoms with Crippen LogP contribution in [0.25, 0.3) is 10.4 Å². The largest absolute Gasteiger partial charge is 0.394 e. The zero-order valence-corrected chi connectivity index (χ0v) is 19.3. The molecule has 0 spiro atoms. The van der Waals surface area contributed by atoms with Gasteiger partial charge < -0.3 is 29.2 Å². The summed E-state index contributed by atoms with van der Waals surface area (Å²) in [6.45, 7) is 2.43. The van der Waals surface area contributed by atoms with E-state index in [-0.39, 0.29) is 25.9 Å². The average Bonchev–Trinajstić information content (AvgIpc) is 2.87. The van der Waals surface area contributed by atoms with Gasteiger partial charge in [0.2, 0.25) is 0 Å². The van der Waals surface area contributed by atoms with Crippen LogP contribution in [0.1, 0.15) is 30.9 Å². The minimum absolute atomic E-state index is 0.230. The zero-order chi connectivity index (χ0) is 24.2. The highest BCUT2D eigenvalue weighted by Crippen LogP contribution is 2.29. The van der Waals surface area contributed by atoms with E-state index < -0.39 is 30.7 Å². The second kappa shape index (κ2) is 14.0. The Morgan fingerprint density at radius 1 is 1.00 bits per heavy atom. The Morgan fingerprint density at radius 3 is 2.15 bits per heavy atom. The fourth-order valence-corrected chi connectivity index (χ4v) is 3.84. The molecular formula is C25H33N3O6. The van der Waals surface area contributed by atoms with E-state index in [1.165, 1.54) is 0 Å². The number of ether oxygens (including phenoxy) is 4. The Bertz CT molecular complexity index is 881. The maximum absolute atomic E-state index is 10.9. The molecule has 1 saturated heterocycles. The number of aliphatic hydroxyl groups excluding tert-OH is 2. The van der Waals surface area contributed by atoms with Crippen LogP contribution in [0.2, 0.25) is 0 Å². The molecule has 0 bridgehead atoms. The third kappa shape index (κ3) is 7.78. The number of hydrogen-bond acceptors (Lipinski definition) is 7. The quantitative estimate of drug-likeness (QED) is 0.198. The second-order valence-electron chi connectivity index (χ2n) is 8.28. The lowest BCUT2D eigenvalue weighted by Crippen LogP contribution is -2.61. The summed E-state index contributed by atoms with van der Waals surface area (Å²) >= 11 is 0. The first-order chi connectivity index (χ1) is 16.6. The number of hydrogen-bond donors (Lipinski definition) is 2. The third-order valence-corrected chi connectivity index (χ3v) is 5.67. The van der Waals surface area contributed by atoms with Crippen LogP contribution in [0.5, 0.6) is 0 Å². The molecule has 2 N–H and O–H groups in total. The molecule has 0 radical (unpaired) electrons. The minimum atomic E-state index is -1.10. The standard InChI is InChI=1S/C25H33N3O6/c1-18(9-8-14-27-28-26)33-25-24(32-17-20-12-6-3-7-13-20)23(22(30)21(15-29)34-25)31-16-19-10-4-2-5-11-19/h2-7,10-13,18,21-25,29-30H,8-9,14-17H2,1H3/t18?,21?,22-,23?,24?,25-/m0/s1. The molecule has 2 aromatic rings. The van der Waals surface area contributed by atoms with Gasteiger partial charge in [0.05, 0.1) is 25.9 Å². The molecular weight excluding hydrogens is 438 g/mol. The monoisotopic (exact) mass is 471 g/mol. The summed E-state index contributed by atoms with van der Waals surface area (Å²) in [6.07, 6.45) is -3.28. The van der Waals surface area contributed by atoms with Crippen LogP contribution in [0.4, 0.5) is 0 Å². The number of benzene rings is 2. The summed E-state index contributed by atoms with van der Waals surface area (Å²) in [6, 6.07) is 19.3.